The summed E-state index contributed by atoms with van der Waals surface area (Å²) in [6, 6.07) is 6.05. The van der Waals surface area contributed by atoms with Gasteiger partial charge in [-0.25, -0.2) is 0 Å². The van der Waals surface area contributed by atoms with E-state index < -0.39 is 0 Å². The van der Waals surface area contributed by atoms with Gasteiger partial charge < -0.3 is 14.8 Å². The molecule has 0 aliphatic rings. The van der Waals surface area contributed by atoms with Gasteiger partial charge in [0, 0.05) is 18.7 Å². The van der Waals surface area contributed by atoms with Crippen LogP contribution in [-0.2, 0) is 16.1 Å². The van der Waals surface area contributed by atoms with Crippen LogP contribution in [0.5, 0.6) is 5.75 Å². The molecule has 1 N–H and O–H groups in total. The lowest BCUT2D eigenvalue weighted by Crippen LogP contribution is -2.19. The van der Waals surface area contributed by atoms with E-state index in [-0.39, 0.29) is 5.97 Å². The van der Waals surface area contributed by atoms with E-state index in [1.165, 1.54) is 5.56 Å². The summed E-state index contributed by atoms with van der Waals surface area (Å²) in [5, 5.41) is 3.21. The predicted molar refractivity (Wildman–Crippen MR) is 70.7 cm³/mol. The highest BCUT2D eigenvalue weighted by Gasteiger charge is 2.04. The summed E-state index contributed by atoms with van der Waals surface area (Å²) in [7, 11) is 1.66. The number of methoxy groups -OCH3 is 1. The van der Waals surface area contributed by atoms with Crippen LogP contribution in [0.4, 0.5) is 0 Å². The lowest BCUT2D eigenvalue weighted by atomic mass is 10.1. The summed E-state index contributed by atoms with van der Waals surface area (Å²) < 4.78 is 10.1. The van der Waals surface area contributed by atoms with Gasteiger partial charge in [0.1, 0.15) is 5.75 Å². The zero-order valence-corrected chi connectivity index (χ0v) is 11.3. The first-order chi connectivity index (χ1) is 8.67. The molecule has 4 heteroatoms. The van der Waals surface area contributed by atoms with E-state index in [0.717, 1.165) is 11.3 Å². The van der Waals surface area contributed by atoms with Crippen molar-refractivity contribution in [2.75, 3.05) is 20.3 Å². The van der Waals surface area contributed by atoms with Gasteiger partial charge >= 0.3 is 5.97 Å². The fraction of sp³-hybridized carbons (Fsp3) is 0.500. The first-order valence-corrected chi connectivity index (χ1v) is 6.17. The Morgan fingerprint density at radius 3 is 2.83 bits per heavy atom. The van der Waals surface area contributed by atoms with Gasteiger partial charge in [-0.05, 0) is 19.9 Å². The molecule has 0 saturated carbocycles. The molecule has 0 bridgehead atoms. The third-order valence-electron chi connectivity index (χ3n) is 2.56. The first kappa shape index (κ1) is 14.5. The van der Waals surface area contributed by atoms with Gasteiger partial charge in [0.05, 0.1) is 20.1 Å². The predicted octanol–water partition coefficient (Wildman–Crippen LogP) is 2.05. The molecule has 0 saturated heterocycles. The van der Waals surface area contributed by atoms with Gasteiger partial charge in [-0.1, -0.05) is 17.7 Å². The minimum atomic E-state index is -0.166. The lowest BCUT2D eigenvalue weighted by Gasteiger charge is -2.10. The molecule has 4 nitrogen and oxygen atoms in total. The smallest absolute Gasteiger partial charge is 0.307 e. The van der Waals surface area contributed by atoms with Crippen molar-refractivity contribution in [1.29, 1.82) is 0 Å². The van der Waals surface area contributed by atoms with Gasteiger partial charge in [-0.3, -0.25) is 4.79 Å². The number of benzene rings is 1. The molecule has 0 heterocycles. The first-order valence-electron chi connectivity index (χ1n) is 6.17. The summed E-state index contributed by atoms with van der Waals surface area (Å²) in [5.41, 5.74) is 2.29. The third-order valence-corrected chi connectivity index (χ3v) is 2.56. The largest absolute Gasteiger partial charge is 0.496 e. The molecular weight excluding hydrogens is 230 g/mol. The summed E-state index contributed by atoms with van der Waals surface area (Å²) in [6.07, 6.45) is 0.391. The molecule has 0 fully saturated rings. The Labute approximate surface area is 108 Å². The molecule has 100 valence electrons. The number of esters is 1. The Hall–Kier alpha value is -1.55. The van der Waals surface area contributed by atoms with Crippen LogP contribution in [0, 0.1) is 6.92 Å². The molecule has 0 aromatic heterocycles. The van der Waals surface area contributed by atoms with Crippen molar-refractivity contribution in [3.05, 3.63) is 29.3 Å². The highest BCUT2D eigenvalue weighted by Crippen LogP contribution is 2.19. The number of carbonyl (C=O) groups is 1. The number of carbonyl (C=O) groups excluding carboxylic acids is 1. The second kappa shape index (κ2) is 7.71. The second-order valence-electron chi connectivity index (χ2n) is 4.05. The van der Waals surface area contributed by atoms with Crippen molar-refractivity contribution in [2.24, 2.45) is 0 Å². The molecule has 1 aromatic carbocycles. The quantitative estimate of drug-likeness (QED) is 0.595. The van der Waals surface area contributed by atoms with Crippen LogP contribution in [0.25, 0.3) is 0 Å². The Morgan fingerprint density at radius 1 is 1.39 bits per heavy atom. The van der Waals surface area contributed by atoms with Crippen LogP contribution in [0.15, 0.2) is 18.2 Å². The molecule has 0 amide bonds. The zero-order chi connectivity index (χ0) is 13.4. The molecule has 0 aliphatic carbocycles. The van der Waals surface area contributed by atoms with Crippen LogP contribution in [-0.4, -0.2) is 26.2 Å². The van der Waals surface area contributed by atoms with Crippen molar-refractivity contribution in [3.8, 4) is 5.75 Å². The summed E-state index contributed by atoms with van der Waals surface area (Å²) in [5.74, 6) is 0.699. The molecule has 1 aromatic rings. The molecule has 0 aliphatic heterocycles. The van der Waals surface area contributed by atoms with Crippen LogP contribution in [0.1, 0.15) is 24.5 Å². The van der Waals surface area contributed by atoms with E-state index in [1.54, 1.807) is 7.11 Å². The average Bonchev–Trinajstić information content (AvgIpc) is 2.35. The van der Waals surface area contributed by atoms with Crippen molar-refractivity contribution < 1.29 is 14.3 Å². The van der Waals surface area contributed by atoms with E-state index in [4.69, 9.17) is 9.47 Å². The fourth-order valence-corrected chi connectivity index (χ4v) is 1.69. The monoisotopic (exact) mass is 251 g/mol. The van der Waals surface area contributed by atoms with Gasteiger partial charge in [-0.2, -0.15) is 0 Å². The van der Waals surface area contributed by atoms with Crippen molar-refractivity contribution in [1.82, 2.24) is 5.32 Å². The third kappa shape index (κ3) is 4.75. The maximum Gasteiger partial charge on any atom is 0.307 e. The Bertz CT molecular complexity index is 391. The van der Waals surface area contributed by atoms with E-state index in [0.29, 0.717) is 26.1 Å². The molecule has 1 rings (SSSR count). The van der Waals surface area contributed by atoms with Crippen molar-refractivity contribution >= 4 is 5.97 Å². The number of hydrogen-bond donors (Lipinski definition) is 1. The molecule has 0 radical (unpaired) electrons. The Morgan fingerprint density at radius 2 is 2.17 bits per heavy atom. The number of rotatable bonds is 7. The fourth-order valence-electron chi connectivity index (χ4n) is 1.69. The topological polar surface area (TPSA) is 47.6 Å². The maximum atomic E-state index is 11.1. The van der Waals surface area contributed by atoms with Gasteiger partial charge in [0.15, 0.2) is 0 Å². The summed E-state index contributed by atoms with van der Waals surface area (Å²) in [6.45, 7) is 5.58. The maximum absolute atomic E-state index is 11.1. The number of nitrogens with one attached hydrogen (secondary N) is 1. The van der Waals surface area contributed by atoms with Crippen LogP contribution < -0.4 is 10.1 Å². The highest BCUT2D eigenvalue weighted by atomic mass is 16.5. The molecule has 0 atom stereocenters. The Kier molecular flexibility index (Phi) is 6.22. The number of hydrogen-bond acceptors (Lipinski definition) is 4. The van der Waals surface area contributed by atoms with E-state index >= 15 is 0 Å². The zero-order valence-electron chi connectivity index (χ0n) is 11.3. The highest BCUT2D eigenvalue weighted by molar-refractivity contribution is 5.69. The van der Waals surface area contributed by atoms with E-state index in [9.17, 15) is 4.79 Å². The Balaban J connectivity index is 2.39. The average molecular weight is 251 g/mol. The summed E-state index contributed by atoms with van der Waals surface area (Å²) >= 11 is 0. The van der Waals surface area contributed by atoms with Gasteiger partial charge in [0.2, 0.25) is 0 Å². The van der Waals surface area contributed by atoms with E-state index in [1.807, 2.05) is 26.0 Å². The SMILES string of the molecule is CCOC(=O)CCNCc1cc(C)ccc1OC. The minimum absolute atomic E-state index is 0.166. The molecule has 0 unspecified atom stereocenters. The standard InChI is InChI=1S/C14H21NO3/c1-4-18-14(16)7-8-15-10-12-9-11(2)5-6-13(12)17-3/h5-6,9,15H,4,7-8,10H2,1-3H3. The lowest BCUT2D eigenvalue weighted by molar-refractivity contribution is -0.142. The minimum Gasteiger partial charge on any atom is -0.496 e. The van der Waals surface area contributed by atoms with Crippen molar-refractivity contribution in [3.63, 3.8) is 0 Å². The second-order valence-corrected chi connectivity index (χ2v) is 4.05. The molecule has 0 spiro atoms. The molecular formula is C14H21NO3. The van der Waals surface area contributed by atoms with Crippen LogP contribution >= 0.6 is 0 Å². The number of aryl methyl sites for hydroxylation is 1. The van der Waals surface area contributed by atoms with E-state index in [2.05, 4.69) is 11.4 Å². The van der Waals surface area contributed by atoms with Crippen molar-refractivity contribution in [2.45, 2.75) is 26.8 Å². The summed E-state index contributed by atoms with van der Waals surface area (Å²) in [4.78, 5) is 11.1. The molecule has 18 heavy (non-hydrogen) atoms. The normalized spacial score (nSPS) is 10.2. The van der Waals surface area contributed by atoms with Gasteiger partial charge in [0.25, 0.3) is 0 Å². The number of ether oxygens (including phenoxy) is 2. The van der Waals surface area contributed by atoms with Gasteiger partial charge in [-0.15, -0.1) is 0 Å². The van der Waals surface area contributed by atoms with Crippen LogP contribution in [0.2, 0.25) is 0 Å². The van der Waals surface area contributed by atoms with Crippen LogP contribution in [0.3, 0.4) is 0 Å².